The zero-order valence-electron chi connectivity index (χ0n) is 22.2. The maximum absolute atomic E-state index is 13.5. The number of carbonyl (C=O) groups is 2. The molecule has 0 bridgehead atoms. The molecule has 3 aromatic rings. The van der Waals surface area contributed by atoms with Crippen LogP contribution in [0.3, 0.4) is 0 Å². The minimum absolute atomic E-state index is 0.0271. The van der Waals surface area contributed by atoms with Crippen molar-refractivity contribution in [1.29, 1.82) is 0 Å². The molecule has 0 saturated heterocycles. The number of ether oxygens (including phenoxy) is 2. The van der Waals surface area contributed by atoms with Crippen molar-refractivity contribution in [2.24, 2.45) is 5.10 Å². The molecule has 0 saturated carbocycles. The lowest BCUT2D eigenvalue weighted by molar-refractivity contribution is -0.123. The topological polar surface area (TPSA) is 126 Å². The number of hydrogen-bond donors (Lipinski definition) is 2. The van der Waals surface area contributed by atoms with Gasteiger partial charge in [0.2, 0.25) is 0 Å². The summed E-state index contributed by atoms with van der Waals surface area (Å²) >= 11 is 0. The molecular formula is C28H32N4O6S. The van der Waals surface area contributed by atoms with E-state index >= 15 is 0 Å². The molecule has 3 rings (SSSR count). The Bertz CT molecular complexity index is 1410. The Balaban J connectivity index is 1.71. The number of carbonyl (C=O) groups excluding carboxylic acids is 2. The number of benzene rings is 3. The Kier molecular flexibility index (Phi) is 10.0. The average molecular weight is 553 g/mol. The second-order valence-electron chi connectivity index (χ2n) is 8.87. The highest BCUT2D eigenvalue weighted by Gasteiger charge is 2.29. The Labute approximate surface area is 228 Å². The lowest BCUT2D eigenvalue weighted by atomic mass is 10.2. The van der Waals surface area contributed by atoms with E-state index in [0.29, 0.717) is 17.1 Å². The van der Waals surface area contributed by atoms with Crippen molar-refractivity contribution in [1.82, 2.24) is 10.7 Å². The van der Waals surface area contributed by atoms with Gasteiger partial charge in [0.25, 0.3) is 21.8 Å². The fourth-order valence-electron chi connectivity index (χ4n) is 3.52. The van der Waals surface area contributed by atoms with Gasteiger partial charge in [0.1, 0.15) is 18.0 Å². The molecule has 0 fully saturated rings. The molecule has 3 aromatic carbocycles. The van der Waals surface area contributed by atoms with E-state index in [1.54, 1.807) is 60.7 Å². The van der Waals surface area contributed by atoms with Gasteiger partial charge < -0.3 is 14.8 Å². The van der Waals surface area contributed by atoms with Gasteiger partial charge in [0.05, 0.1) is 23.9 Å². The molecule has 0 aromatic heterocycles. The number of aryl methyl sites for hydroxylation is 1. The van der Waals surface area contributed by atoms with E-state index in [4.69, 9.17) is 9.47 Å². The number of hydrazone groups is 1. The normalized spacial score (nSPS) is 11.3. The summed E-state index contributed by atoms with van der Waals surface area (Å²) in [7, 11) is -2.67. The van der Waals surface area contributed by atoms with Crippen LogP contribution in [-0.4, -0.2) is 52.8 Å². The SMILES string of the molecule is COc1ccc(C)cc1N(CC(=O)N/N=C/c1ccc(OCC(=O)NC(C)C)cc1)S(=O)(=O)c1ccccc1. The van der Waals surface area contributed by atoms with Crippen LogP contribution < -0.4 is 24.5 Å². The van der Waals surface area contributed by atoms with Crippen LogP contribution in [0.1, 0.15) is 25.0 Å². The molecule has 39 heavy (non-hydrogen) atoms. The third-order valence-corrected chi connectivity index (χ3v) is 7.10. The van der Waals surface area contributed by atoms with Crippen molar-refractivity contribution in [3.63, 3.8) is 0 Å². The van der Waals surface area contributed by atoms with Gasteiger partial charge in [-0.3, -0.25) is 13.9 Å². The molecule has 0 heterocycles. The quantitative estimate of drug-likeness (QED) is 0.262. The van der Waals surface area contributed by atoms with E-state index in [2.05, 4.69) is 15.8 Å². The Hall–Kier alpha value is -4.38. The fourth-order valence-corrected chi connectivity index (χ4v) is 4.97. The van der Waals surface area contributed by atoms with E-state index in [1.165, 1.54) is 25.5 Å². The minimum atomic E-state index is -4.10. The standard InChI is InChI=1S/C28H32N4O6S/c1-20(2)30-28(34)19-38-23-13-11-22(12-14-23)17-29-31-27(33)18-32(25-16-21(3)10-15-26(25)37-4)39(35,36)24-8-6-5-7-9-24/h5-17,20H,18-19H2,1-4H3,(H,30,34)(H,31,33)/b29-17+. The monoisotopic (exact) mass is 552 g/mol. The molecule has 0 spiro atoms. The second kappa shape index (κ2) is 13.4. The number of nitrogens with zero attached hydrogens (tertiary/aromatic N) is 2. The zero-order chi connectivity index (χ0) is 28.4. The van der Waals surface area contributed by atoms with E-state index in [9.17, 15) is 18.0 Å². The first-order chi connectivity index (χ1) is 18.6. The molecule has 10 nitrogen and oxygen atoms in total. The summed E-state index contributed by atoms with van der Waals surface area (Å²) in [5.41, 5.74) is 4.07. The summed E-state index contributed by atoms with van der Waals surface area (Å²) in [4.78, 5) is 24.6. The van der Waals surface area contributed by atoms with Crippen LogP contribution in [0.25, 0.3) is 0 Å². The summed E-state index contributed by atoms with van der Waals surface area (Å²) in [6.07, 6.45) is 1.41. The molecule has 0 aliphatic carbocycles. The van der Waals surface area contributed by atoms with E-state index in [0.717, 1.165) is 9.87 Å². The molecule has 206 valence electrons. The van der Waals surface area contributed by atoms with Crippen molar-refractivity contribution < 1.29 is 27.5 Å². The van der Waals surface area contributed by atoms with E-state index < -0.39 is 22.5 Å². The first kappa shape index (κ1) is 29.2. The smallest absolute Gasteiger partial charge is 0.264 e. The number of methoxy groups -OCH3 is 1. The molecule has 0 unspecified atom stereocenters. The van der Waals surface area contributed by atoms with Gasteiger partial charge >= 0.3 is 0 Å². The van der Waals surface area contributed by atoms with Gasteiger partial charge in [-0.2, -0.15) is 5.10 Å². The van der Waals surface area contributed by atoms with Crippen LogP contribution in [0.2, 0.25) is 0 Å². The van der Waals surface area contributed by atoms with Crippen LogP contribution >= 0.6 is 0 Å². The van der Waals surface area contributed by atoms with Crippen molar-refractivity contribution in [2.45, 2.75) is 31.7 Å². The molecule has 0 aliphatic rings. The molecule has 2 amide bonds. The first-order valence-electron chi connectivity index (χ1n) is 12.2. The maximum Gasteiger partial charge on any atom is 0.264 e. The highest BCUT2D eigenvalue weighted by molar-refractivity contribution is 7.92. The fraction of sp³-hybridized carbons (Fsp3) is 0.250. The third kappa shape index (κ3) is 8.30. The summed E-state index contributed by atoms with van der Waals surface area (Å²) in [5, 5.41) is 6.70. The molecule has 0 atom stereocenters. The van der Waals surface area contributed by atoms with Gasteiger partial charge in [-0.05, 0) is 80.4 Å². The lowest BCUT2D eigenvalue weighted by Crippen LogP contribution is -2.39. The van der Waals surface area contributed by atoms with Crippen molar-refractivity contribution in [3.05, 3.63) is 83.9 Å². The number of hydrogen-bond acceptors (Lipinski definition) is 7. The van der Waals surface area contributed by atoms with Crippen LogP contribution in [0.5, 0.6) is 11.5 Å². The summed E-state index contributed by atoms with van der Waals surface area (Å²) in [6, 6.07) is 19.7. The highest BCUT2D eigenvalue weighted by atomic mass is 32.2. The van der Waals surface area contributed by atoms with Gasteiger partial charge in [-0.15, -0.1) is 0 Å². The Morgan fingerprint density at radius 3 is 2.33 bits per heavy atom. The van der Waals surface area contributed by atoms with Crippen LogP contribution in [-0.2, 0) is 19.6 Å². The minimum Gasteiger partial charge on any atom is -0.495 e. The maximum atomic E-state index is 13.5. The van der Waals surface area contributed by atoms with Crippen LogP contribution in [0, 0.1) is 6.92 Å². The molecule has 0 aliphatic heterocycles. The number of nitrogens with one attached hydrogen (secondary N) is 2. The number of anilines is 1. The highest BCUT2D eigenvalue weighted by Crippen LogP contribution is 2.33. The number of sulfonamides is 1. The van der Waals surface area contributed by atoms with Gasteiger partial charge in [-0.25, -0.2) is 13.8 Å². The predicted octanol–water partition coefficient (Wildman–Crippen LogP) is 3.25. The van der Waals surface area contributed by atoms with Gasteiger partial charge in [0, 0.05) is 6.04 Å². The number of amides is 2. The van der Waals surface area contributed by atoms with Crippen molar-refractivity contribution in [3.8, 4) is 11.5 Å². The third-order valence-electron chi connectivity index (χ3n) is 5.32. The van der Waals surface area contributed by atoms with Crippen LogP contribution in [0.15, 0.2) is 82.8 Å². The Morgan fingerprint density at radius 1 is 1.00 bits per heavy atom. The van der Waals surface area contributed by atoms with Gasteiger partial charge in [0.15, 0.2) is 6.61 Å². The van der Waals surface area contributed by atoms with E-state index in [1.807, 2.05) is 20.8 Å². The largest absolute Gasteiger partial charge is 0.495 e. The van der Waals surface area contributed by atoms with Crippen molar-refractivity contribution >= 4 is 33.7 Å². The average Bonchev–Trinajstić information content (AvgIpc) is 2.91. The molecule has 2 N–H and O–H groups in total. The van der Waals surface area contributed by atoms with Crippen molar-refractivity contribution in [2.75, 3.05) is 24.6 Å². The van der Waals surface area contributed by atoms with Gasteiger partial charge in [-0.1, -0.05) is 24.3 Å². The predicted molar refractivity (Wildman–Crippen MR) is 150 cm³/mol. The van der Waals surface area contributed by atoms with Crippen LogP contribution in [0.4, 0.5) is 5.69 Å². The van der Waals surface area contributed by atoms with E-state index in [-0.39, 0.29) is 29.1 Å². The summed E-state index contributed by atoms with van der Waals surface area (Å²) in [6.45, 7) is 4.92. The zero-order valence-corrected chi connectivity index (χ0v) is 23.1. The first-order valence-corrected chi connectivity index (χ1v) is 13.6. The molecule has 0 radical (unpaired) electrons. The lowest BCUT2D eigenvalue weighted by Gasteiger charge is -2.25. The second-order valence-corrected chi connectivity index (χ2v) is 10.7. The molecular weight excluding hydrogens is 520 g/mol. The summed E-state index contributed by atoms with van der Waals surface area (Å²) in [5.74, 6) is -0.0558. The summed E-state index contributed by atoms with van der Waals surface area (Å²) < 4.78 is 38.9. The number of rotatable bonds is 12. The molecule has 11 heteroatoms. The Morgan fingerprint density at radius 2 is 1.69 bits per heavy atom.